The van der Waals surface area contributed by atoms with Crippen molar-refractivity contribution in [3.63, 3.8) is 0 Å². The summed E-state index contributed by atoms with van der Waals surface area (Å²) in [6.45, 7) is 6.24. The molecule has 0 fully saturated rings. The van der Waals surface area contributed by atoms with Crippen molar-refractivity contribution in [2.75, 3.05) is 12.8 Å². The van der Waals surface area contributed by atoms with Gasteiger partial charge in [-0.2, -0.15) is 0 Å². The molecule has 108 valence electrons. The predicted octanol–water partition coefficient (Wildman–Crippen LogP) is 3.52. The van der Waals surface area contributed by atoms with E-state index in [0.29, 0.717) is 6.04 Å². The van der Waals surface area contributed by atoms with Gasteiger partial charge in [-0.15, -0.1) is 11.8 Å². The first-order valence-electron chi connectivity index (χ1n) is 7.16. The molecule has 0 saturated heterocycles. The van der Waals surface area contributed by atoms with Gasteiger partial charge in [0, 0.05) is 36.3 Å². The lowest BCUT2D eigenvalue weighted by Gasteiger charge is -2.21. The molecule has 1 heterocycles. The van der Waals surface area contributed by atoms with E-state index in [4.69, 9.17) is 0 Å². The van der Waals surface area contributed by atoms with Crippen molar-refractivity contribution in [3.05, 3.63) is 48.0 Å². The molecule has 3 nitrogen and oxygen atoms in total. The van der Waals surface area contributed by atoms with Crippen molar-refractivity contribution in [1.82, 2.24) is 14.9 Å². The van der Waals surface area contributed by atoms with Gasteiger partial charge in [0.15, 0.2) is 0 Å². The molecule has 0 amide bonds. The van der Waals surface area contributed by atoms with Crippen LogP contribution in [0.5, 0.6) is 0 Å². The molecule has 0 bridgehead atoms. The molecule has 2 rings (SSSR count). The Kier molecular flexibility index (Phi) is 5.68. The fourth-order valence-corrected chi connectivity index (χ4v) is 3.15. The highest BCUT2D eigenvalue weighted by Gasteiger charge is 2.16. The Morgan fingerprint density at radius 1 is 1.30 bits per heavy atom. The summed E-state index contributed by atoms with van der Waals surface area (Å²) in [7, 11) is 0. The van der Waals surface area contributed by atoms with Gasteiger partial charge in [0.25, 0.3) is 0 Å². The predicted molar refractivity (Wildman–Crippen MR) is 86.2 cm³/mol. The van der Waals surface area contributed by atoms with Crippen molar-refractivity contribution >= 4 is 11.8 Å². The Labute approximate surface area is 125 Å². The number of thioether (sulfide) groups is 1. The van der Waals surface area contributed by atoms with E-state index < -0.39 is 0 Å². The third kappa shape index (κ3) is 3.44. The Morgan fingerprint density at radius 2 is 2.10 bits per heavy atom. The van der Waals surface area contributed by atoms with Crippen LogP contribution in [0, 0.1) is 0 Å². The number of nitrogens with one attached hydrogen (secondary N) is 1. The smallest absolute Gasteiger partial charge is 0.110 e. The highest BCUT2D eigenvalue weighted by molar-refractivity contribution is 7.98. The van der Waals surface area contributed by atoms with Gasteiger partial charge in [0.2, 0.25) is 0 Å². The van der Waals surface area contributed by atoms with Crippen molar-refractivity contribution in [2.24, 2.45) is 0 Å². The van der Waals surface area contributed by atoms with E-state index in [1.54, 1.807) is 11.8 Å². The molecule has 1 N–H and O–H groups in total. The third-order valence-electron chi connectivity index (χ3n) is 3.49. The number of hydrogen-bond acceptors (Lipinski definition) is 3. The van der Waals surface area contributed by atoms with E-state index in [-0.39, 0.29) is 0 Å². The van der Waals surface area contributed by atoms with Gasteiger partial charge in [-0.3, -0.25) is 0 Å². The molecule has 20 heavy (non-hydrogen) atoms. The zero-order valence-electron chi connectivity index (χ0n) is 12.5. The first kappa shape index (κ1) is 15.1. The Hall–Kier alpha value is -1.26. The summed E-state index contributed by atoms with van der Waals surface area (Å²) in [6, 6.07) is 8.95. The number of hydrogen-bond donors (Lipinski definition) is 1. The minimum absolute atomic E-state index is 0.316. The summed E-state index contributed by atoms with van der Waals surface area (Å²) in [4.78, 5) is 5.85. The second kappa shape index (κ2) is 7.50. The van der Waals surface area contributed by atoms with Gasteiger partial charge in [-0.05, 0) is 31.4 Å². The molecule has 1 atom stereocenters. The molecular formula is C16H23N3S. The second-order valence-corrected chi connectivity index (χ2v) is 5.53. The molecule has 1 aromatic heterocycles. The van der Waals surface area contributed by atoms with Gasteiger partial charge in [-0.1, -0.05) is 25.1 Å². The number of aromatic nitrogens is 2. The first-order chi connectivity index (χ1) is 9.80. The van der Waals surface area contributed by atoms with Gasteiger partial charge >= 0.3 is 0 Å². The number of benzene rings is 1. The maximum atomic E-state index is 4.51. The lowest BCUT2D eigenvalue weighted by Crippen LogP contribution is -2.24. The second-order valence-electron chi connectivity index (χ2n) is 4.69. The molecule has 2 aromatic rings. The van der Waals surface area contributed by atoms with Crippen molar-refractivity contribution < 1.29 is 0 Å². The van der Waals surface area contributed by atoms with Crippen molar-refractivity contribution in [2.45, 2.75) is 37.8 Å². The van der Waals surface area contributed by atoms with Gasteiger partial charge in [0.1, 0.15) is 5.82 Å². The SMILES string of the molecule is CCNC(Cc1nccn1CC)c1ccccc1SC. The number of nitrogens with zero attached hydrogens (tertiary/aromatic N) is 2. The summed E-state index contributed by atoms with van der Waals surface area (Å²) in [5, 5.41) is 3.60. The van der Waals surface area contributed by atoms with Crippen molar-refractivity contribution in [1.29, 1.82) is 0 Å². The Bertz CT molecular complexity index is 536. The standard InChI is InChI=1S/C16H23N3S/c1-4-17-14(12-16-18-10-11-19(16)5-2)13-8-6-7-9-15(13)20-3/h6-11,14,17H,4-5,12H2,1-3H3. The maximum absolute atomic E-state index is 4.51. The topological polar surface area (TPSA) is 29.9 Å². The van der Waals surface area contributed by atoms with Crippen molar-refractivity contribution in [3.8, 4) is 0 Å². The van der Waals surface area contributed by atoms with E-state index in [2.05, 4.69) is 65.4 Å². The van der Waals surface area contributed by atoms with Gasteiger partial charge in [0.05, 0.1) is 0 Å². The van der Waals surface area contributed by atoms with E-state index in [9.17, 15) is 0 Å². The van der Waals surface area contributed by atoms with E-state index in [1.165, 1.54) is 10.5 Å². The highest BCUT2D eigenvalue weighted by Crippen LogP contribution is 2.27. The molecule has 0 aliphatic heterocycles. The van der Waals surface area contributed by atoms with Crippen LogP contribution in [0.2, 0.25) is 0 Å². The Balaban J connectivity index is 2.27. The third-order valence-corrected chi connectivity index (χ3v) is 4.31. The summed E-state index contributed by atoms with van der Waals surface area (Å²) >= 11 is 1.80. The zero-order valence-corrected chi connectivity index (χ0v) is 13.3. The summed E-state index contributed by atoms with van der Waals surface area (Å²) in [5.74, 6) is 1.15. The molecule has 0 saturated carbocycles. The quantitative estimate of drug-likeness (QED) is 0.791. The molecule has 1 unspecified atom stereocenters. The van der Waals surface area contributed by atoms with E-state index in [0.717, 1.165) is 25.3 Å². The van der Waals surface area contributed by atoms with Crippen LogP contribution in [0.1, 0.15) is 31.3 Å². The summed E-state index contributed by atoms with van der Waals surface area (Å²) < 4.78 is 2.21. The van der Waals surface area contributed by atoms with Crippen LogP contribution in [0.15, 0.2) is 41.6 Å². The number of aryl methyl sites for hydroxylation is 1. The average Bonchev–Trinajstić information content (AvgIpc) is 2.94. The minimum Gasteiger partial charge on any atom is -0.335 e. The molecule has 0 aliphatic rings. The van der Waals surface area contributed by atoms with E-state index in [1.807, 2.05) is 6.20 Å². The fraction of sp³-hybridized carbons (Fsp3) is 0.438. The van der Waals surface area contributed by atoms with Crippen LogP contribution in [0.25, 0.3) is 0 Å². The lowest BCUT2D eigenvalue weighted by atomic mass is 10.0. The first-order valence-corrected chi connectivity index (χ1v) is 8.38. The number of rotatable bonds is 7. The summed E-state index contributed by atoms with van der Waals surface area (Å²) in [5.41, 5.74) is 1.37. The van der Waals surface area contributed by atoms with E-state index >= 15 is 0 Å². The number of likely N-dealkylation sites (N-methyl/N-ethyl adjacent to an activating group) is 1. The minimum atomic E-state index is 0.316. The van der Waals surface area contributed by atoms with Crippen LogP contribution in [-0.2, 0) is 13.0 Å². The Morgan fingerprint density at radius 3 is 2.80 bits per heavy atom. The lowest BCUT2D eigenvalue weighted by molar-refractivity contribution is 0.516. The molecule has 0 radical (unpaired) electrons. The number of imidazole rings is 1. The summed E-state index contributed by atoms with van der Waals surface area (Å²) in [6.07, 6.45) is 7.00. The zero-order chi connectivity index (χ0) is 14.4. The molecular weight excluding hydrogens is 266 g/mol. The van der Waals surface area contributed by atoms with Crippen LogP contribution < -0.4 is 5.32 Å². The van der Waals surface area contributed by atoms with Crippen LogP contribution >= 0.6 is 11.8 Å². The average molecular weight is 289 g/mol. The largest absolute Gasteiger partial charge is 0.335 e. The highest BCUT2D eigenvalue weighted by atomic mass is 32.2. The van der Waals surface area contributed by atoms with Gasteiger partial charge < -0.3 is 9.88 Å². The monoisotopic (exact) mass is 289 g/mol. The van der Waals surface area contributed by atoms with Crippen LogP contribution in [0.3, 0.4) is 0 Å². The molecule has 0 spiro atoms. The molecule has 0 aliphatic carbocycles. The van der Waals surface area contributed by atoms with Crippen LogP contribution in [0.4, 0.5) is 0 Å². The molecule has 4 heteroatoms. The van der Waals surface area contributed by atoms with Gasteiger partial charge in [-0.25, -0.2) is 4.98 Å². The van der Waals surface area contributed by atoms with Crippen LogP contribution in [-0.4, -0.2) is 22.4 Å². The maximum Gasteiger partial charge on any atom is 0.110 e. The molecule has 1 aromatic carbocycles. The normalized spacial score (nSPS) is 12.6. The fourth-order valence-electron chi connectivity index (χ4n) is 2.49.